The van der Waals surface area contributed by atoms with E-state index in [-0.39, 0.29) is 17.0 Å². The van der Waals surface area contributed by atoms with E-state index >= 15 is 0 Å². The van der Waals surface area contributed by atoms with Gasteiger partial charge in [0.05, 0.1) is 17.2 Å². The first-order valence-electron chi connectivity index (χ1n) is 10.6. The van der Waals surface area contributed by atoms with E-state index in [4.69, 9.17) is 4.74 Å². The Morgan fingerprint density at radius 2 is 1.82 bits per heavy atom. The molecule has 0 atom stereocenters. The summed E-state index contributed by atoms with van der Waals surface area (Å²) in [4.78, 5) is 23.6. The van der Waals surface area contributed by atoms with E-state index in [9.17, 15) is 13.6 Å². The zero-order valence-electron chi connectivity index (χ0n) is 17.6. The number of hydrogen-bond donors (Lipinski definition) is 1. The summed E-state index contributed by atoms with van der Waals surface area (Å²) in [6.45, 7) is 1.92. The summed E-state index contributed by atoms with van der Waals surface area (Å²) < 4.78 is 33.7. The van der Waals surface area contributed by atoms with Crippen molar-refractivity contribution < 1.29 is 18.3 Å². The van der Waals surface area contributed by atoms with Gasteiger partial charge in [0.2, 0.25) is 0 Å². The average Bonchev–Trinajstić information content (AvgIpc) is 3.35. The van der Waals surface area contributed by atoms with Gasteiger partial charge in [-0.15, -0.1) is 0 Å². The third-order valence-electron chi connectivity index (χ3n) is 5.44. The van der Waals surface area contributed by atoms with Crippen molar-refractivity contribution in [3.63, 3.8) is 0 Å². The number of carbonyl (C=O) groups excluding carboxylic acids is 1. The number of nitrogens with zero attached hydrogens (tertiary/aromatic N) is 3. The number of halogens is 2. The van der Waals surface area contributed by atoms with Gasteiger partial charge in [-0.05, 0) is 55.3 Å². The summed E-state index contributed by atoms with van der Waals surface area (Å²) in [6, 6.07) is 14.6. The minimum atomic E-state index is -0.649. The first-order chi connectivity index (χ1) is 16.0. The minimum Gasteiger partial charge on any atom is -0.454 e. The van der Waals surface area contributed by atoms with E-state index in [1.165, 1.54) is 30.3 Å². The van der Waals surface area contributed by atoms with Crippen molar-refractivity contribution in [3.05, 3.63) is 84.1 Å². The molecule has 0 bridgehead atoms. The fourth-order valence-electron chi connectivity index (χ4n) is 3.76. The Labute approximate surface area is 188 Å². The van der Waals surface area contributed by atoms with Crippen LogP contribution in [-0.4, -0.2) is 29.0 Å². The number of amides is 1. The molecule has 1 N–H and O–H groups in total. The smallest absolute Gasteiger partial charge is 0.255 e. The van der Waals surface area contributed by atoms with Gasteiger partial charge in [-0.1, -0.05) is 6.07 Å². The summed E-state index contributed by atoms with van der Waals surface area (Å²) in [5.74, 6) is -0.465. The maximum Gasteiger partial charge on any atom is 0.255 e. The molecule has 33 heavy (non-hydrogen) atoms. The number of nitrogens with one attached hydrogen (secondary N) is 1. The molecule has 5 rings (SSSR count). The molecule has 1 aromatic heterocycles. The third kappa shape index (κ3) is 4.59. The molecule has 1 fully saturated rings. The number of aromatic nitrogens is 2. The highest BCUT2D eigenvalue weighted by Gasteiger charge is 2.15. The van der Waals surface area contributed by atoms with Gasteiger partial charge in [0.1, 0.15) is 17.4 Å². The molecular formula is C25H20F2N4O2. The van der Waals surface area contributed by atoms with Crippen LogP contribution in [0.25, 0.3) is 11.0 Å². The highest BCUT2D eigenvalue weighted by molar-refractivity contribution is 6.04. The van der Waals surface area contributed by atoms with Gasteiger partial charge >= 0.3 is 0 Å². The van der Waals surface area contributed by atoms with Crippen LogP contribution < -0.4 is 15.0 Å². The fraction of sp³-hybridized carbons (Fsp3) is 0.160. The molecule has 6 nitrogen and oxygen atoms in total. The molecule has 166 valence electrons. The van der Waals surface area contributed by atoms with Crippen molar-refractivity contribution in [2.24, 2.45) is 0 Å². The van der Waals surface area contributed by atoms with E-state index in [2.05, 4.69) is 20.2 Å². The molecule has 1 amide bonds. The quantitative estimate of drug-likeness (QED) is 0.435. The predicted octanol–water partition coefficient (Wildman–Crippen LogP) is 5.55. The average molecular weight is 446 g/mol. The normalized spacial score (nSPS) is 13.3. The Kier molecular flexibility index (Phi) is 5.56. The molecule has 0 saturated carbocycles. The lowest BCUT2D eigenvalue weighted by atomic mass is 10.2. The Bertz CT molecular complexity index is 1340. The molecule has 0 unspecified atom stereocenters. The second-order valence-corrected chi connectivity index (χ2v) is 7.78. The fourth-order valence-corrected chi connectivity index (χ4v) is 3.76. The predicted molar refractivity (Wildman–Crippen MR) is 122 cm³/mol. The summed E-state index contributed by atoms with van der Waals surface area (Å²) in [7, 11) is 0. The summed E-state index contributed by atoms with van der Waals surface area (Å²) in [5.41, 5.74) is 1.76. The zero-order valence-corrected chi connectivity index (χ0v) is 17.6. The molecule has 2 heterocycles. The van der Waals surface area contributed by atoms with Gasteiger partial charge < -0.3 is 15.0 Å². The van der Waals surface area contributed by atoms with Crippen LogP contribution in [-0.2, 0) is 0 Å². The maximum absolute atomic E-state index is 14.7. The molecule has 1 saturated heterocycles. The molecule has 4 aromatic rings. The molecule has 1 aliphatic heterocycles. The molecule has 0 spiro atoms. The van der Waals surface area contributed by atoms with Crippen molar-refractivity contribution >= 4 is 28.4 Å². The lowest BCUT2D eigenvalue weighted by Gasteiger charge is -2.16. The topological polar surface area (TPSA) is 67.3 Å². The Balaban J connectivity index is 1.33. The highest BCUT2D eigenvalue weighted by atomic mass is 19.1. The number of carbonyl (C=O) groups is 1. The standard InChI is InChI=1S/C25H20F2N4O2/c26-17-5-3-4-16(12-17)25(32)29-18-6-9-23(20(27)13-18)33-19-7-8-21-22(14-19)30-24(15-28-21)31-10-1-2-11-31/h3-9,12-15H,1-2,10-11H2,(H,29,32). The van der Waals surface area contributed by atoms with E-state index in [1.807, 2.05) is 0 Å². The van der Waals surface area contributed by atoms with Gasteiger partial charge in [0.15, 0.2) is 11.6 Å². The minimum absolute atomic E-state index is 0.00163. The lowest BCUT2D eigenvalue weighted by molar-refractivity contribution is 0.102. The first kappa shape index (κ1) is 20.8. The van der Waals surface area contributed by atoms with Crippen LogP contribution in [0.3, 0.4) is 0 Å². The molecular weight excluding hydrogens is 426 g/mol. The van der Waals surface area contributed by atoms with Crippen LogP contribution in [0.2, 0.25) is 0 Å². The second-order valence-electron chi connectivity index (χ2n) is 7.78. The summed E-state index contributed by atoms with van der Waals surface area (Å²) in [5, 5.41) is 2.55. The van der Waals surface area contributed by atoms with E-state index < -0.39 is 17.5 Å². The van der Waals surface area contributed by atoms with Crippen molar-refractivity contribution in [3.8, 4) is 11.5 Å². The van der Waals surface area contributed by atoms with E-state index in [0.717, 1.165) is 49.4 Å². The number of benzene rings is 3. The van der Waals surface area contributed by atoms with E-state index in [0.29, 0.717) is 11.3 Å². The van der Waals surface area contributed by atoms with Crippen LogP contribution in [0.4, 0.5) is 20.3 Å². The maximum atomic E-state index is 14.7. The number of fused-ring (bicyclic) bond motifs is 1. The number of ether oxygens (including phenoxy) is 1. The monoisotopic (exact) mass is 446 g/mol. The first-order valence-corrected chi connectivity index (χ1v) is 10.6. The zero-order chi connectivity index (χ0) is 22.8. The van der Waals surface area contributed by atoms with Crippen molar-refractivity contribution in [1.29, 1.82) is 0 Å². The number of hydrogen-bond acceptors (Lipinski definition) is 5. The van der Waals surface area contributed by atoms with Crippen molar-refractivity contribution in [1.82, 2.24) is 9.97 Å². The van der Waals surface area contributed by atoms with Crippen molar-refractivity contribution in [2.45, 2.75) is 12.8 Å². The highest BCUT2D eigenvalue weighted by Crippen LogP contribution is 2.29. The summed E-state index contributed by atoms with van der Waals surface area (Å²) >= 11 is 0. The van der Waals surface area contributed by atoms with Gasteiger partial charge in [-0.2, -0.15) is 0 Å². The lowest BCUT2D eigenvalue weighted by Crippen LogP contribution is -2.19. The van der Waals surface area contributed by atoms with Crippen LogP contribution in [0.15, 0.2) is 66.9 Å². The van der Waals surface area contributed by atoms with E-state index in [1.54, 1.807) is 24.4 Å². The van der Waals surface area contributed by atoms with Gasteiger partial charge in [0.25, 0.3) is 5.91 Å². The van der Waals surface area contributed by atoms with Gasteiger partial charge in [0, 0.05) is 36.5 Å². The van der Waals surface area contributed by atoms with Crippen molar-refractivity contribution in [2.75, 3.05) is 23.3 Å². The summed E-state index contributed by atoms with van der Waals surface area (Å²) in [6.07, 6.45) is 4.05. The largest absolute Gasteiger partial charge is 0.454 e. The van der Waals surface area contributed by atoms with Gasteiger partial charge in [-0.3, -0.25) is 9.78 Å². The molecule has 1 aliphatic rings. The second kappa shape index (κ2) is 8.82. The number of rotatable bonds is 5. The molecule has 0 aliphatic carbocycles. The Morgan fingerprint density at radius 1 is 0.970 bits per heavy atom. The molecule has 3 aromatic carbocycles. The third-order valence-corrected chi connectivity index (χ3v) is 5.44. The Hall–Kier alpha value is -4.07. The SMILES string of the molecule is O=C(Nc1ccc(Oc2ccc3ncc(N4CCCC4)nc3c2)c(F)c1)c1cccc(F)c1. The molecule has 0 radical (unpaired) electrons. The van der Waals surface area contributed by atoms with Gasteiger partial charge in [-0.25, -0.2) is 13.8 Å². The van der Waals surface area contributed by atoms with Crippen LogP contribution >= 0.6 is 0 Å². The van der Waals surface area contributed by atoms with Crippen LogP contribution in [0.1, 0.15) is 23.2 Å². The Morgan fingerprint density at radius 3 is 2.61 bits per heavy atom. The van der Waals surface area contributed by atoms with Crippen LogP contribution in [0.5, 0.6) is 11.5 Å². The van der Waals surface area contributed by atoms with Crippen LogP contribution in [0, 0.1) is 11.6 Å². The molecule has 8 heteroatoms. The number of anilines is 2.